The van der Waals surface area contributed by atoms with Gasteiger partial charge < -0.3 is 14.6 Å². The first kappa shape index (κ1) is 20.1. The molecule has 1 amide bonds. The summed E-state index contributed by atoms with van der Waals surface area (Å²) in [6.07, 6.45) is 0. The van der Waals surface area contributed by atoms with E-state index in [4.69, 9.17) is 21.6 Å². The molecule has 0 radical (unpaired) electrons. The van der Waals surface area contributed by atoms with Crippen LogP contribution in [0.15, 0.2) is 34.8 Å². The second kappa shape index (κ2) is 9.05. The number of benzene rings is 1. The van der Waals surface area contributed by atoms with Gasteiger partial charge in [-0.15, -0.1) is 21.5 Å². The number of carbonyl (C=O) groups is 1. The van der Waals surface area contributed by atoms with E-state index >= 15 is 0 Å². The van der Waals surface area contributed by atoms with E-state index in [-0.39, 0.29) is 23.3 Å². The molecule has 0 unspecified atom stereocenters. The van der Waals surface area contributed by atoms with E-state index in [1.54, 1.807) is 23.1 Å². The van der Waals surface area contributed by atoms with Crippen LogP contribution in [0.25, 0.3) is 0 Å². The predicted octanol–water partition coefficient (Wildman–Crippen LogP) is 3.85. The summed E-state index contributed by atoms with van der Waals surface area (Å²) in [5.74, 6) is 0.295. The van der Waals surface area contributed by atoms with Crippen LogP contribution in [-0.4, -0.2) is 26.4 Å². The Hall–Kier alpha value is -2.61. The standard InChI is InChI=1S/C17H13ClFN5O2S2/c1-24-14(8-26-11-2-3-13(19)12(18)6-11)22-23-17(24)28-9-15(25)21-16-10(7-20)4-5-27-16/h2-6H,8-9H2,1H3,(H,21,25). The zero-order valence-electron chi connectivity index (χ0n) is 14.5. The molecular formula is C17H13ClFN5O2S2. The van der Waals surface area contributed by atoms with Crippen LogP contribution in [0, 0.1) is 17.1 Å². The Labute approximate surface area is 173 Å². The molecule has 0 aliphatic rings. The fourth-order valence-electron chi connectivity index (χ4n) is 2.10. The van der Waals surface area contributed by atoms with E-state index in [0.717, 1.165) is 0 Å². The second-order valence-electron chi connectivity index (χ2n) is 5.43. The molecule has 28 heavy (non-hydrogen) atoms. The molecule has 0 atom stereocenters. The van der Waals surface area contributed by atoms with Crippen molar-refractivity contribution in [3.05, 3.63) is 51.9 Å². The number of hydrogen-bond acceptors (Lipinski definition) is 7. The van der Waals surface area contributed by atoms with Gasteiger partial charge in [0.1, 0.15) is 29.2 Å². The molecule has 0 aliphatic carbocycles. The van der Waals surface area contributed by atoms with Crippen LogP contribution in [0.3, 0.4) is 0 Å². The number of rotatable bonds is 7. The van der Waals surface area contributed by atoms with Crippen LogP contribution >= 0.6 is 34.7 Å². The molecule has 144 valence electrons. The fourth-order valence-corrected chi connectivity index (χ4v) is 3.75. The van der Waals surface area contributed by atoms with Crippen LogP contribution < -0.4 is 10.1 Å². The number of nitriles is 1. The highest BCUT2D eigenvalue weighted by molar-refractivity contribution is 7.99. The summed E-state index contributed by atoms with van der Waals surface area (Å²) in [7, 11) is 1.75. The summed E-state index contributed by atoms with van der Waals surface area (Å²) >= 11 is 8.23. The van der Waals surface area contributed by atoms with Gasteiger partial charge >= 0.3 is 0 Å². The molecule has 3 aromatic rings. The van der Waals surface area contributed by atoms with E-state index < -0.39 is 5.82 Å². The maximum absolute atomic E-state index is 13.2. The lowest BCUT2D eigenvalue weighted by Gasteiger charge is -2.07. The lowest BCUT2D eigenvalue weighted by atomic mass is 10.3. The number of thiophene rings is 1. The summed E-state index contributed by atoms with van der Waals surface area (Å²) in [6, 6.07) is 7.74. The van der Waals surface area contributed by atoms with Crippen molar-refractivity contribution in [3.63, 3.8) is 0 Å². The number of carbonyl (C=O) groups excluding carboxylic acids is 1. The van der Waals surface area contributed by atoms with E-state index in [1.165, 1.54) is 41.3 Å². The molecule has 0 bridgehead atoms. The third-order valence-electron chi connectivity index (χ3n) is 3.56. The Bertz CT molecular complexity index is 1050. The molecule has 1 N–H and O–H groups in total. The molecule has 11 heteroatoms. The molecule has 1 aromatic carbocycles. The van der Waals surface area contributed by atoms with Crippen molar-refractivity contribution in [2.75, 3.05) is 11.1 Å². The minimum atomic E-state index is -0.519. The smallest absolute Gasteiger partial charge is 0.235 e. The number of nitrogens with one attached hydrogen (secondary N) is 1. The summed E-state index contributed by atoms with van der Waals surface area (Å²) < 4.78 is 20.4. The van der Waals surface area contributed by atoms with Crippen LogP contribution in [0.4, 0.5) is 9.39 Å². The number of anilines is 1. The quantitative estimate of drug-likeness (QED) is 0.564. The second-order valence-corrected chi connectivity index (χ2v) is 7.70. The van der Waals surface area contributed by atoms with Crippen molar-refractivity contribution in [3.8, 4) is 11.8 Å². The van der Waals surface area contributed by atoms with Gasteiger partial charge in [-0.05, 0) is 23.6 Å². The normalized spacial score (nSPS) is 10.5. The van der Waals surface area contributed by atoms with Crippen molar-refractivity contribution in [1.82, 2.24) is 14.8 Å². The van der Waals surface area contributed by atoms with Gasteiger partial charge in [-0.2, -0.15) is 5.26 Å². The van der Waals surface area contributed by atoms with E-state index in [2.05, 4.69) is 15.5 Å². The Balaban J connectivity index is 1.54. The average molecular weight is 438 g/mol. The Morgan fingerprint density at radius 3 is 3.04 bits per heavy atom. The van der Waals surface area contributed by atoms with Gasteiger partial charge in [-0.25, -0.2) is 4.39 Å². The van der Waals surface area contributed by atoms with Gasteiger partial charge in [-0.3, -0.25) is 4.79 Å². The Morgan fingerprint density at radius 1 is 1.46 bits per heavy atom. The molecule has 0 saturated heterocycles. The van der Waals surface area contributed by atoms with Crippen LogP contribution in [0.1, 0.15) is 11.4 Å². The number of ether oxygens (including phenoxy) is 1. The third-order valence-corrected chi connectivity index (χ3v) is 5.69. The average Bonchev–Trinajstić information content (AvgIpc) is 3.27. The minimum absolute atomic E-state index is 0.0250. The topological polar surface area (TPSA) is 92.8 Å². The van der Waals surface area contributed by atoms with Gasteiger partial charge in [-0.1, -0.05) is 23.4 Å². The van der Waals surface area contributed by atoms with Crippen molar-refractivity contribution in [2.45, 2.75) is 11.8 Å². The molecule has 0 saturated carbocycles. The lowest BCUT2D eigenvalue weighted by molar-refractivity contribution is -0.113. The summed E-state index contributed by atoms with van der Waals surface area (Å²) in [4.78, 5) is 12.1. The minimum Gasteiger partial charge on any atom is -0.486 e. The molecule has 3 rings (SSSR count). The summed E-state index contributed by atoms with van der Waals surface area (Å²) in [5.41, 5.74) is 0.433. The van der Waals surface area contributed by atoms with Crippen LogP contribution in [-0.2, 0) is 18.4 Å². The van der Waals surface area contributed by atoms with Gasteiger partial charge in [0.25, 0.3) is 0 Å². The Kier molecular flexibility index (Phi) is 6.51. The SMILES string of the molecule is Cn1c(COc2ccc(F)c(Cl)c2)nnc1SCC(=O)Nc1sccc1C#N. The summed E-state index contributed by atoms with van der Waals surface area (Å²) in [5, 5.41) is 22.5. The molecule has 7 nitrogen and oxygen atoms in total. The van der Waals surface area contributed by atoms with Crippen molar-refractivity contribution in [1.29, 1.82) is 5.26 Å². The molecule has 0 spiro atoms. The first-order valence-corrected chi connectivity index (χ1v) is 10.1. The molecule has 0 fully saturated rings. The van der Waals surface area contributed by atoms with E-state index in [0.29, 0.717) is 27.3 Å². The Morgan fingerprint density at radius 2 is 2.29 bits per heavy atom. The molecule has 2 aromatic heterocycles. The number of thioether (sulfide) groups is 1. The molecule has 0 aliphatic heterocycles. The van der Waals surface area contributed by atoms with Crippen molar-refractivity contribution < 1.29 is 13.9 Å². The van der Waals surface area contributed by atoms with Gasteiger partial charge in [0.05, 0.1) is 16.3 Å². The number of halogens is 2. The van der Waals surface area contributed by atoms with Crippen molar-refractivity contribution in [2.24, 2.45) is 7.05 Å². The monoisotopic (exact) mass is 437 g/mol. The fraction of sp³-hybridized carbons (Fsp3) is 0.176. The third kappa shape index (κ3) is 4.81. The van der Waals surface area contributed by atoms with Crippen LogP contribution in [0.5, 0.6) is 5.75 Å². The van der Waals surface area contributed by atoms with Gasteiger partial charge in [0.2, 0.25) is 5.91 Å². The first-order chi connectivity index (χ1) is 13.5. The maximum atomic E-state index is 13.2. The van der Waals surface area contributed by atoms with Gasteiger partial charge in [0.15, 0.2) is 11.0 Å². The number of nitrogens with zero attached hydrogens (tertiary/aromatic N) is 4. The number of aromatic nitrogens is 3. The highest BCUT2D eigenvalue weighted by Gasteiger charge is 2.14. The van der Waals surface area contributed by atoms with Crippen LogP contribution in [0.2, 0.25) is 5.02 Å². The first-order valence-electron chi connectivity index (χ1n) is 7.84. The van der Waals surface area contributed by atoms with E-state index in [1.807, 2.05) is 6.07 Å². The van der Waals surface area contributed by atoms with Crippen molar-refractivity contribution >= 4 is 45.6 Å². The molecule has 2 heterocycles. The van der Waals surface area contributed by atoms with E-state index in [9.17, 15) is 9.18 Å². The van der Waals surface area contributed by atoms with Gasteiger partial charge in [0, 0.05) is 13.1 Å². The largest absolute Gasteiger partial charge is 0.486 e. The summed E-state index contributed by atoms with van der Waals surface area (Å²) in [6.45, 7) is 0.110. The number of amides is 1. The zero-order chi connectivity index (χ0) is 20.1. The lowest BCUT2D eigenvalue weighted by Crippen LogP contribution is -2.14. The zero-order valence-corrected chi connectivity index (χ0v) is 16.9. The highest BCUT2D eigenvalue weighted by Crippen LogP contribution is 2.24. The molecular weight excluding hydrogens is 425 g/mol. The highest BCUT2D eigenvalue weighted by atomic mass is 35.5. The predicted molar refractivity (Wildman–Crippen MR) is 105 cm³/mol. The maximum Gasteiger partial charge on any atom is 0.235 e. The number of hydrogen-bond donors (Lipinski definition) is 1.